The number of benzene rings is 2. The van der Waals surface area contributed by atoms with Crippen molar-refractivity contribution in [3.63, 3.8) is 0 Å². The van der Waals surface area contributed by atoms with Crippen LogP contribution in [0.15, 0.2) is 30.3 Å². The van der Waals surface area contributed by atoms with Crippen molar-refractivity contribution in [2.45, 2.75) is 59.9 Å². The lowest BCUT2D eigenvalue weighted by Gasteiger charge is -2.21. The van der Waals surface area contributed by atoms with E-state index in [9.17, 15) is 4.79 Å². The van der Waals surface area contributed by atoms with Gasteiger partial charge in [0.15, 0.2) is 0 Å². The Morgan fingerprint density at radius 1 is 0.962 bits per heavy atom. The van der Waals surface area contributed by atoms with Crippen molar-refractivity contribution in [3.05, 3.63) is 63.7 Å². The molecule has 0 aliphatic carbocycles. The van der Waals surface area contributed by atoms with Gasteiger partial charge in [0.2, 0.25) is 5.91 Å². The zero-order valence-electron chi connectivity index (χ0n) is 17.1. The molecule has 0 heterocycles. The maximum Gasteiger partial charge on any atom is 0.224 e. The van der Waals surface area contributed by atoms with Crippen molar-refractivity contribution in [1.82, 2.24) is 5.32 Å². The molecule has 0 fully saturated rings. The largest absolute Gasteiger partial charge is 0.496 e. The first-order valence-electron chi connectivity index (χ1n) is 9.26. The predicted molar refractivity (Wildman–Crippen MR) is 108 cm³/mol. The summed E-state index contributed by atoms with van der Waals surface area (Å²) in [6.07, 6.45) is 0.400. The summed E-state index contributed by atoms with van der Waals surface area (Å²) in [5.41, 5.74) is 6.96. The number of carbonyl (C=O) groups excluding carboxylic acids is 1. The monoisotopic (exact) mass is 353 g/mol. The fraction of sp³-hybridized carbons (Fsp3) is 0.435. The van der Waals surface area contributed by atoms with E-state index in [2.05, 4.69) is 64.2 Å². The van der Waals surface area contributed by atoms with Crippen LogP contribution in [0.5, 0.6) is 5.75 Å². The Morgan fingerprint density at radius 3 is 2.23 bits per heavy atom. The van der Waals surface area contributed by atoms with Crippen molar-refractivity contribution in [3.8, 4) is 5.75 Å². The van der Waals surface area contributed by atoms with Crippen LogP contribution >= 0.6 is 0 Å². The smallest absolute Gasteiger partial charge is 0.224 e. The lowest BCUT2D eigenvalue weighted by Crippen LogP contribution is -2.28. The second-order valence-electron chi connectivity index (χ2n) is 7.49. The SMILES string of the molecule is COc1cc(C)c(C(C)NC(=O)Cc2ccc(C)c(C)c2)cc1C(C)C. The second kappa shape index (κ2) is 8.39. The topological polar surface area (TPSA) is 38.3 Å². The molecule has 1 N–H and O–H groups in total. The lowest BCUT2D eigenvalue weighted by atomic mass is 9.93. The number of rotatable bonds is 6. The summed E-state index contributed by atoms with van der Waals surface area (Å²) >= 11 is 0. The number of amides is 1. The van der Waals surface area contributed by atoms with E-state index >= 15 is 0 Å². The molecule has 2 aromatic rings. The first-order valence-corrected chi connectivity index (χ1v) is 9.26. The van der Waals surface area contributed by atoms with Gasteiger partial charge in [-0.3, -0.25) is 4.79 Å². The minimum Gasteiger partial charge on any atom is -0.496 e. The van der Waals surface area contributed by atoms with Crippen LogP contribution in [0.3, 0.4) is 0 Å². The Hall–Kier alpha value is -2.29. The molecule has 0 radical (unpaired) electrons. The van der Waals surface area contributed by atoms with Gasteiger partial charge in [0, 0.05) is 0 Å². The van der Waals surface area contributed by atoms with Gasteiger partial charge < -0.3 is 10.1 Å². The van der Waals surface area contributed by atoms with Crippen LogP contribution in [0.25, 0.3) is 0 Å². The lowest BCUT2D eigenvalue weighted by molar-refractivity contribution is -0.121. The Bertz CT molecular complexity index is 793. The normalized spacial score (nSPS) is 12.2. The number of hydrogen-bond acceptors (Lipinski definition) is 2. The Balaban J connectivity index is 2.15. The van der Waals surface area contributed by atoms with Crippen LogP contribution in [-0.4, -0.2) is 13.0 Å². The molecule has 1 unspecified atom stereocenters. The van der Waals surface area contributed by atoms with E-state index < -0.39 is 0 Å². The Morgan fingerprint density at radius 2 is 1.65 bits per heavy atom. The summed E-state index contributed by atoms with van der Waals surface area (Å²) in [6.45, 7) is 12.6. The van der Waals surface area contributed by atoms with E-state index in [1.165, 1.54) is 16.7 Å². The van der Waals surface area contributed by atoms with Crippen LogP contribution < -0.4 is 10.1 Å². The molecule has 2 rings (SSSR count). The van der Waals surface area contributed by atoms with Gasteiger partial charge >= 0.3 is 0 Å². The van der Waals surface area contributed by atoms with E-state index in [4.69, 9.17) is 4.74 Å². The standard InChI is InChI=1S/C23H31NO2/c1-14(2)20-13-21(17(5)11-22(20)26-7)18(6)24-23(25)12-19-9-8-15(3)16(4)10-19/h8-11,13-14,18H,12H2,1-7H3,(H,24,25). The molecule has 3 heteroatoms. The summed E-state index contributed by atoms with van der Waals surface area (Å²) in [7, 11) is 1.70. The molecule has 0 spiro atoms. The van der Waals surface area contributed by atoms with Gasteiger partial charge in [-0.25, -0.2) is 0 Å². The van der Waals surface area contributed by atoms with Crippen molar-refractivity contribution >= 4 is 5.91 Å². The highest BCUT2D eigenvalue weighted by atomic mass is 16.5. The maximum absolute atomic E-state index is 12.5. The predicted octanol–water partition coefficient (Wildman–Crippen LogP) is 5.16. The molecular formula is C23H31NO2. The van der Waals surface area contributed by atoms with Crippen molar-refractivity contribution in [1.29, 1.82) is 0 Å². The number of ether oxygens (including phenoxy) is 1. The fourth-order valence-corrected chi connectivity index (χ4v) is 3.28. The number of carbonyl (C=O) groups is 1. The van der Waals surface area contributed by atoms with E-state index in [0.717, 1.165) is 22.4 Å². The number of hydrogen-bond donors (Lipinski definition) is 1. The van der Waals surface area contributed by atoms with Gasteiger partial charge in [0.1, 0.15) is 5.75 Å². The van der Waals surface area contributed by atoms with E-state index in [1.54, 1.807) is 7.11 Å². The molecule has 0 saturated heterocycles. The number of aryl methyl sites for hydroxylation is 3. The minimum atomic E-state index is -0.0440. The second-order valence-corrected chi connectivity index (χ2v) is 7.49. The number of methoxy groups -OCH3 is 1. The number of nitrogens with one attached hydrogen (secondary N) is 1. The van der Waals surface area contributed by atoms with E-state index in [1.807, 2.05) is 13.0 Å². The molecule has 140 valence electrons. The zero-order valence-corrected chi connectivity index (χ0v) is 17.1. The molecule has 0 aromatic heterocycles. The molecule has 2 aromatic carbocycles. The first kappa shape index (κ1) is 20.0. The van der Waals surface area contributed by atoms with Gasteiger partial charge in [-0.05, 0) is 79.1 Å². The summed E-state index contributed by atoms with van der Waals surface area (Å²) in [5.74, 6) is 1.32. The third-order valence-electron chi connectivity index (χ3n) is 5.02. The third kappa shape index (κ3) is 4.66. The highest BCUT2D eigenvalue weighted by Gasteiger charge is 2.17. The zero-order chi connectivity index (χ0) is 19.4. The minimum absolute atomic E-state index is 0.0436. The molecule has 1 amide bonds. The van der Waals surface area contributed by atoms with Crippen molar-refractivity contribution in [2.75, 3.05) is 7.11 Å². The average molecular weight is 354 g/mol. The van der Waals surface area contributed by atoms with Crippen LogP contribution in [0.1, 0.15) is 66.1 Å². The van der Waals surface area contributed by atoms with Gasteiger partial charge in [0.05, 0.1) is 19.6 Å². The average Bonchev–Trinajstić information content (AvgIpc) is 2.57. The Labute approximate surface area is 157 Å². The molecule has 0 aliphatic heterocycles. The summed E-state index contributed by atoms with van der Waals surface area (Å²) in [6, 6.07) is 10.4. The highest BCUT2D eigenvalue weighted by Crippen LogP contribution is 2.32. The first-order chi connectivity index (χ1) is 12.2. The van der Waals surface area contributed by atoms with E-state index in [0.29, 0.717) is 12.3 Å². The van der Waals surface area contributed by atoms with Crippen LogP contribution in [0, 0.1) is 20.8 Å². The maximum atomic E-state index is 12.5. The molecule has 26 heavy (non-hydrogen) atoms. The van der Waals surface area contributed by atoms with Gasteiger partial charge in [0.25, 0.3) is 0 Å². The Kier molecular flexibility index (Phi) is 6.47. The van der Waals surface area contributed by atoms with Crippen molar-refractivity contribution in [2.24, 2.45) is 0 Å². The van der Waals surface area contributed by atoms with Crippen LogP contribution in [0.4, 0.5) is 0 Å². The molecule has 0 saturated carbocycles. The quantitative estimate of drug-likeness (QED) is 0.778. The molecule has 3 nitrogen and oxygen atoms in total. The van der Waals surface area contributed by atoms with Crippen LogP contribution in [-0.2, 0) is 11.2 Å². The molecular weight excluding hydrogens is 322 g/mol. The van der Waals surface area contributed by atoms with Crippen molar-refractivity contribution < 1.29 is 9.53 Å². The third-order valence-corrected chi connectivity index (χ3v) is 5.02. The molecule has 0 aliphatic rings. The molecule has 0 bridgehead atoms. The summed E-state index contributed by atoms with van der Waals surface area (Å²) in [4.78, 5) is 12.5. The van der Waals surface area contributed by atoms with Gasteiger partial charge in [-0.1, -0.05) is 32.0 Å². The summed E-state index contributed by atoms with van der Waals surface area (Å²) in [5, 5.41) is 3.14. The summed E-state index contributed by atoms with van der Waals surface area (Å²) < 4.78 is 5.52. The van der Waals surface area contributed by atoms with Gasteiger partial charge in [-0.15, -0.1) is 0 Å². The fourth-order valence-electron chi connectivity index (χ4n) is 3.28. The van der Waals surface area contributed by atoms with E-state index in [-0.39, 0.29) is 11.9 Å². The highest BCUT2D eigenvalue weighted by molar-refractivity contribution is 5.79. The molecule has 1 atom stereocenters. The van der Waals surface area contributed by atoms with Crippen LogP contribution in [0.2, 0.25) is 0 Å². The van der Waals surface area contributed by atoms with Gasteiger partial charge in [-0.2, -0.15) is 0 Å².